The van der Waals surface area contributed by atoms with Crippen LogP contribution in [0.2, 0.25) is 0 Å². The lowest BCUT2D eigenvalue weighted by atomic mass is 10.1. The summed E-state index contributed by atoms with van der Waals surface area (Å²) in [5.41, 5.74) is 2.39. The quantitative estimate of drug-likeness (QED) is 0.300. The fraction of sp³-hybridized carbons (Fsp3) is 0.467. The van der Waals surface area contributed by atoms with E-state index in [1.807, 2.05) is 19.9 Å². The van der Waals surface area contributed by atoms with Crippen molar-refractivity contribution in [2.75, 3.05) is 13.2 Å². The highest BCUT2D eigenvalue weighted by Crippen LogP contribution is 2.08. The van der Waals surface area contributed by atoms with E-state index in [9.17, 15) is 4.79 Å². The number of hydrogen-bond donors (Lipinski definition) is 0. The van der Waals surface area contributed by atoms with Crippen LogP contribution >= 0.6 is 0 Å². The highest BCUT2D eigenvalue weighted by Gasteiger charge is 2.04. The molecule has 18 heavy (non-hydrogen) atoms. The van der Waals surface area contributed by atoms with Gasteiger partial charge in [-0.3, -0.25) is 4.99 Å². The van der Waals surface area contributed by atoms with Crippen LogP contribution in [0.15, 0.2) is 28.8 Å². The van der Waals surface area contributed by atoms with Crippen molar-refractivity contribution in [3.63, 3.8) is 0 Å². The second-order valence-corrected chi connectivity index (χ2v) is 3.97. The first kappa shape index (κ1) is 16.2. The molecule has 0 unspecified atom stereocenters. The number of allylic oxidation sites excluding steroid dienone is 1. The number of esters is 1. The van der Waals surface area contributed by atoms with Gasteiger partial charge in [0, 0.05) is 30.7 Å². The van der Waals surface area contributed by atoms with E-state index in [0.29, 0.717) is 25.0 Å². The van der Waals surface area contributed by atoms with Crippen LogP contribution in [0.3, 0.4) is 0 Å². The van der Waals surface area contributed by atoms with E-state index in [0.717, 1.165) is 17.8 Å². The van der Waals surface area contributed by atoms with Gasteiger partial charge in [0.1, 0.15) is 0 Å². The Morgan fingerprint density at radius 1 is 1.50 bits per heavy atom. The lowest BCUT2D eigenvalue weighted by Gasteiger charge is -2.06. The van der Waals surface area contributed by atoms with Crippen molar-refractivity contribution < 1.29 is 9.53 Å². The Balaban J connectivity index is 4.38. The van der Waals surface area contributed by atoms with Gasteiger partial charge in [-0.2, -0.15) is 0 Å². The van der Waals surface area contributed by atoms with Crippen LogP contribution in [0.25, 0.3) is 0 Å². The molecule has 0 heterocycles. The molecule has 0 rings (SSSR count). The van der Waals surface area contributed by atoms with Gasteiger partial charge in [-0.15, -0.1) is 12.3 Å². The lowest BCUT2D eigenvalue weighted by molar-refractivity contribution is -0.138. The summed E-state index contributed by atoms with van der Waals surface area (Å²) in [7, 11) is 0. The first-order chi connectivity index (χ1) is 8.51. The topological polar surface area (TPSA) is 38.7 Å². The summed E-state index contributed by atoms with van der Waals surface area (Å²) in [5, 5.41) is 0. The summed E-state index contributed by atoms with van der Waals surface area (Å²) in [6.07, 6.45) is 8.43. The fourth-order valence-corrected chi connectivity index (χ4v) is 1.33. The van der Waals surface area contributed by atoms with Gasteiger partial charge in [-0.25, -0.2) is 4.79 Å². The normalized spacial score (nSPS) is 11.9. The maximum atomic E-state index is 11.2. The van der Waals surface area contributed by atoms with Gasteiger partial charge >= 0.3 is 5.97 Å². The Bertz CT molecular complexity index is 397. The Morgan fingerprint density at radius 3 is 2.67 bits per heavy atom. The van der Waals surface area contributed by atoms with E-state index in [1.54, 1.807) is 6.92 Å². The van der Waals surface area contributed by atoms with E-state index in [2.05, 4.69) is 17.5 Å². The van der Waals surface area contributed by atoms with Crippen molar-refractivity contribution in [1.29, 1.82) is 0 Å². The molecule has 0 aliphatic heterocycles. The minimum atomic E-state index is -0.367. The average Bonchev–Trinajstić information content (AvgIpc) is 2.29. The second-order valence-electron chi connectivity index (χ2n) is 3.97. The van der Waals surface area contributed by atoms with E-state index < -0.39 is 0 Å². The third-order valence-corrected chi connectivity index (χ3v) is 2.15. The molecule has 0 fully saturated rings. The van der Waals surface area contributed by atoms with Crippen LogP contribution in [0.4, 0.5) is 0 Å². The Labute approximate surface area is 110 Å². The number of rotatable bonds is 7. The molecule has 0 aromatic heterocycles. The smallest absolute Gasteiger partial charge is 0.333 e. The highest BCUT2D eigenvalue weighted by atomic mass is 16.5. The van der Waals surface area contributed by atoms with Gasteiger partial charge < -0.3 is 4.74 Å². The van der Waals surface area contributed by atoms with Crippen LogP contribution in [-0.2, 0) is 9.53 Å². The number of carbonyl (C=O) groups is 1. The molecular formula is C15H21NO2. The SMILES string of the molecule is C#CC/C(=C\C(C)=NCC)CCOC(=O)C(=C)C. The zero-order valence-electron chi connectivity index (χ0n) is 11.5. The van der Waals surface area contributed by atoms with Crippen LogP contribution in [0.5, 0.6) is 0 Å². The van der Waals surface area contributed by atoms with E-state index in [-0.39, 0.29) is 5.97 Å². The molecular weight excluding hydrogens is 226 g/mol. The molecule has 0 aliphatic carbocycles. The minimum absolute atomic E-state index is 0.318. The molecule has 0 atom stereocenters. The zero-order valence-corrected chi connectivity index (χ0v) is 11.5. The predicted octanol–water partition coefficient (Wildman–Crippen LogP) is 2.93. The molecule has 0 saturated carbocycles. The number of aliphatic imine (C=N–C) groups is 1. The number of hydrogen-bond acceptors (Lipinski definition) is 3. The third kappa shape index (κ3) is 7.45. The van der Waals surface area contributed by atoms with E-state index in [1.165, 1.54) is 0 Å². The van der Waals surface area contributed by atoms with Crippen molar-refractivity contribution in [2.45, 2.75) is 33.6 Å². The monoisotopic (exact) mass is 247 g/mol. The first-order valence-corrected chi connectivity index (χ1v) is 5.97. The first-order valence-electron chi connectivity index (χ1n) is 5.97. The Kier molecular flexibility index (Phi) is 8.30. The highest BCUT2D eigenvalue weighted by molar-refractivity contribution is 5.93. The van der Waals surface area contributed by atoms with Crippen LogP contribution in [0.1, 0.15) is 33.6 Å². The molecule has 3 heteroatoms. The molecule has 0 amide bonds. The van der Waals surface area contributed by atoms with E-state index in [4.69, 9.17) is 11.2 Å². The fourth-order valence-electron chi connectivity index (χ4n) is 1.33. The molecule has 0 aromatic carbocycles. The third-order valence-electron chi connectivity index (χ3n) is 2.15. The Morgan fingerprint density at radius 2 is 2.17 bits per heavy atom. The number of carbonyl (C=O) groups excluding carboxylic acids is 1. The molecule has 0 spiro atoms. The van der Waals surface area contributed by atoms with Gasteiger partial charge in [0.25, 0.3) is 0 Å². The number of terminal acetylenes is 1. The zero-order chi connectivity index (χ0) is 14.0. The van der Waals surface area contributed by atoms with Crippen molar-refractivity contribution in [3.8, 4) is 12.3 Å². The number of ether oxygens (including phenoxy) is 1. The molecule has 0 aromatic rings. The number of nitrogens with zero attached hydrogens (tertiary/aromatic N) is 1. The lowest BCUT2D eigenvalue weighted by Crippen LogP contribution is -2.07. The van der Waals surface area contributed by atoms with Gasteiger partial charge in [0.15, 0.2) is 0 Å². The van der Waals surface area contributed by atoms with Gasteiger partial charge in [0.2, 0.25) is 0 Å². The maximum Gasteiger partial charge on any atom is 0.333 e. The molecule has 0 radical (unpaired) electrons. The minimum Gasteiger partial charge on any atom is -0.462 e. The largest absolute Gasteiger partial charge is 0.462 e. The van der Waals surface area contributed by atoms with Gasteiger partial charge in [0.05, 0.1) is 6.61 Å². The molecule has 3 nitrogen and oxygen atoms in total. The molecule has 0 aliphatic rings. The van der Waals surface area contributed by atoms with Crippen molar-refractivity contribution in [3.05, 3.63) is 23.8 Å². The van der Waals surface area contributed by atoms with E-state index >= 15 is 0 Å². The van der Waals surface area contributed by atoms with Crippen LogP contribution in [0, 0.1) is 12.3 Å². The van der Waals surface area contributed by atoms with Crippen molar-refractivity contribution >= 4 is 11.7 Å². The predicted molar refractivity (Wildman–Crippen MR) is 75.6 cm³/mol. The second kappa shape index (κ2) is 9.23. The van der Waals surface area contributed by atoms with Crippen LogP contribution < -0.4 is 0 Å². The maximum absolute atomic E-state index is 11.2. The molecule has 0 N–H and O–H groups in total. The Hall–Kier alpha value is -1.82. The molecule has 98 valence electrons. The van der Waals surface area contributed by atoms with Crippen molar-refractivity contribution in [1.82, 2.24) is 0 Å². The van der Waals surface area contributed by atoms with Crippen molar-refractivity contribution in [2.24, 2.45) is 4.99 Å². The summed E-state index contributed by atoms with van der Waals surface area (Å²) in [4.78, 5) is 15.5. The summed E-state index contributed by atoms with van der Waals surface area (Å²) < 4.78 is 5.03. The van der Waals surface area contributed by atoms with Crippen LogP contribution in [-0.4, -0.2) is 24.8 Å². The standard InChI is InChI=1S/C15H21NO2/c1-6-8-14(11-13(5)16-7-2)9-10-18-15(17)12(3)4/h1,11H,3,7-10H2,2,4-5H3/b14-11+,16-13?. The van der Waals surface area contributed by atoms with Gasteiger partial charge in [-0.1, -0.05) is 12.2 Å². The van der Waals surface area contributed by atoms with Gasteiger partial charge in [-0.05, 0) is 26.8 Å². The summed E-state index contributed by atoms with van der Waals surface area (Å²) in [6, 6.07) is 0. The molecule has 0 saturated heterocycles. The summed E-state index contributed by atoms with van der Waals surface area (Å²) in [5.74, 6) is 2.23. The summed E-state index contributed by atoms with van der Waals surface area (Å²) >= 11 is 0. The molecule has 0 bridgehead atoms. The summed E-state index contributed by atoms with van der Waals surface area (Å²) in [6.45, 7) is 10.1. The average molecular weight is 247 g/mol.